The molecule has 1 atom stereocenters. The molecule has 126 valence electrons. The number of nitrogens with one attached hydrogen (secondary N) is 1. The van der Waals surface area contributed by atoms with Gasteiger partial charge in [0.25, 0.3) is 0 Å². The molecular weight excluding hydrogens is 302 g/mol. The molecule has 0 aromatic heterocycles. The van der Waals surface area contributed by atoms with E-state index >= 15 is 0 Å². The highest BCUT2D eigenvalue weighted by Crippen LogP contribution is 2.18. The van der Waals surface area contributed by atoms with Crippen molar-refractivity contribution in [3.63, 3.8) is 0 Å². The van der Waals surface area contributed by atoms with Gasteiger partial charge in [0, 0.05) is 18.7 Å². The topological polar surface area (TPSA) is 47.6 Å². The molecule has 0 radical (unpaired) electrons. The molecule has 2 aromatic carbocycles. The molecular formula is C20H23NO3. The van der Waals surface area contributed by atoms with Crippen LogP contribution in [0.15, 0.2) is 54.6 Å². The summed E-state index contributed by atoms with van der Waals surface area (Å²) in [6.45, 7) is 1.42. The number of ether oxygens (including phenoxy) is 2. The third kappa shape index (κ3) is 5.10. The van der Waals surface area contributed by atoms with Crippen molar-refractivity contribution in [2.45, 2.75) is 31.8 Å². The minimum atomic E-state index is 0.0203. The third-order valence-corrected chi connectivity index (χ3v) is 4.08. The van der Waals surface area contributed by atoms with Crippen molar-refractivity contribution in [2.75, 3.05) is 18.5 Å². The monoisotopic (exact) mass is 325 g/mol. The zero-order valence-corrected chi connectivity index (χ0v) is 13.7. The number of hydrogen-bond acceptors (Lipinski definition) is 3. The van der Waals surface area contributed by atoms with E-state index in [1.165, 1.54) is 5.56 Å². The SMILES string of the molecule is O=C(CCc1ccccc1)Nc1ccc(OCC2CCCO2)cc1. The summed E-state index contributed by atoms with van der Waals surface area (Å²) in [5.74, 6) is 0.819. The Kier molecular flexibility index (Phi) is 5.85. The number of carbonyl (C=O) groups is 1. The molecule has 1 unspecified atom stereocenters. The lowest BCUT2D eigenvalue weighted by Crippen LogP contribution is -2.16. The molecule has 1 amide bonds. The molecule has 1 N–H and O–H groups in total. The second kappa shape index (κ2) is 8.50. The number of aryl methyl sites for hydroxylation is 1. The van der Waals surface area contributed by atoms with Crippen molar-refractivity contribution in [3.8, 4) is 5.75 Å². The standard InChI is InChI=1S/C20H23NO3/c22-20(13-8-16-5-2-1-3-6-16)21-17-9-11-18(12-10-17)24-15-19-7-4-14-23-19/h1-3,5-6,9-12,19H,4,7-8,13-15H2,(H,21,22). The maximum absolute atomic E-state index is 12.0. The van der Waals surface area contributed by atoms with Crippen LogP contribution in [0.1, 0.15) is 24.8 Å². The Bertz CT molecular complexity index is 634. The molecule has 1 heterocycles. The number of rotatable bonds is 7. The summed E-state index contributed by atoms with van der Waals surface area (Å²) < 4.78 is 11.2. The Labute approximate surface area is 142 Å². The predicted molar refractivity (Wildman–Crippen MR) is 94.3 cm³/mol. The van der Waals surface area contributed by atoms with Crippen LogP contribution in [0.2, 0.25) is 0 Å². The van der Waals surface area contributed by atoms with Gasteiger partial charge in [-0.05, 0) is 49.1 Å². The average molecular weight is 325 g/mol. The molecule has 1 aliphatic heterocycles. The number of anilines is 1. The number of benzene rings is 2. The van der Waals surface area contributed by atoms with Gasteiger partial charge in [-0.2, -0.15) is 0 Å². The Morgan fingerprint density at radius 2 is 1.92 bits per heavy atom. The van der Waals surface area contributed by atoms with E-state index in [-0.39, 0.29) is 12.0 Å². The Morgan fingerprint density at radius 3 is 2.62 bits per heavy atom. The quantitative estimate of drug-likeness (QED) is 0.842. The Morgan fingerprint density at radius 1 is 1.12 bits per heavy atom. The van der Waals surface area contributed by atoms with Crippen LogP contribution in [0.4, 0.5) is 5.69 Å². The highest BCUT2D eigenvalue weighted by molar-refractivity contribution is 5.90. The summed E-state index contributed by atoms with van der Waals surface area (Å²) in [5, 5.41) is 2.92. The van der Waals surface area contributed by atoms with Gasteiger partial charge in [0.05, 0.1) is 6.10 Å². The van der Waals surface area contributed by atoms with Crippen LogP contribution < -0.4 is 10.1 Å². The number of amides is 1. The van der Waals surface area contributed by atoms with E-state index in [1.807, 2.05) is 54.6 Å². The average Bonchev–Trinajstić information content (AvgIpc) is 3.14. The van der Waals surface area contributed by atoms with Gasteiger partial charge in [0.1, 0.15) is 12.4 Å². The van der Waals surface area contributed by atoms with Gasteiger partial charge in [-0.25, -0.2) is 0 Å². The van der Waals surface area contributed by atoms with Crippen molar-refractivity contribution < 1.29 is 14.3 Å². The van der Waals surface area contributed by atoms with Crippen LogP contribution in [0.5, 0.6) is 5.75 Å². The van der Waals surface area contributed by atoms with Crippen LogP contribution in [0.25, 0.3) is 0 Å². The fraction of sp³-hybridized carbons (Fsp3) is 0.350. The van der Waals surface area contributed by atoms with Crippen LogP contribution in [-0.2, 0) is 16.0 Å². The van der Waals surface area contributed by atoms with E-state index in [9.17, 15) is 4.79 Å². The lowest BCUT2D eigenvalue weighted by atomic mass is 10.1. The van der Waals surface area contributed by atoms with E-state index in [0.29, 0.717) is 13.0 Å². The number of hydrogen-bond donors (Lipinski definition) is 1. The van der Waals surface area contributed by atoms with Crippen molar-refractivity contribution in [1.29, 1.82) is 0 Å². The maximum Gasteiger partial charge on any atom is 0.224 e. The van der Waals surface area contributed by atoms with Crippen molar-refractivity contribution in [1.82, 2.24) is 0 Å². The largest absolute Gasteiger partial charge is 0.491 e. The van der Waals surface area contributed by atoms with Gasteiger partial charge in [0.2, 0.25) is 5.91 Å². The van der Waals surface area contributed by atoms with Crippen LogP contribution in [-0.4, -0.2) is 25.2 Å². The molecule has 0 spiro atoms. The first-order valence-corrected chi connectivity index (χ1v) is 8.48. The summed E-state index contributed by atoms with van der Waals surface area (Å²) in [6.07, 6.45) is 3.61. The molecule has 1 saturated heterocycles. The maximum atomic E-state index is 12.0. The van der Waals surface area contributed by atoms with Crippen molar-refractivity contribution in [2.24, 2.45) is 0 Å². The van der Waals surface area contributed by atoms with Crippen LogP contribution >= 0.6 is 0 Å². The fourth-order valence-corrected chi connectivity index (χ4v) is 2.73. The zero-order valence-electron chi connectivity index (χ0n) is 13.7. The molecule has 0 aliphatic carbocycles. The molecule has 4 nitrogen and oxygen atoms in total. The smallest absolute Gasteiger partial charge is 0.224 e. The normalized spacial score (nSPS) is 16.8. The van der Waals surface area contributed by atoms with Crippen molar-refractivity contribution in [3.05, 3.63) is 60.2 Å². The van der Waals surface area contributed by atoms with Gasteiger partial charge < -0.3 is 14.8 Å². The minimum Gasteiger partial charge on any atom is -0.491 e. The molecule has 1 aliphatic rings. The molecule has 4 heteroatoms. The van der Waals surface area contributed by atoms with Gasteiger partial charge in [-0.1, -0.05) is 30.3 Å². The van der Waals surface area contributed by atoms with Crippen LogP contribution in [0, 0.1) is 0 Å². The second-order valence-corrected chi connectivity index (χ2v) is 6.00. The lowest BCUT2D eigenvalue weighted by molar-refractivity contribution is -0.116. The van der Waals surface area contributed by atoms with Gasteiger partial charge in [-0.15, -0.1) is 0 Å². The third-order valence-electron chi connectivity index (χ3n) is 4.08. The highest BCUT2D eigenvalue weighted by atomic mass is 16.5. The van der Waals surface area contributed by atoms with E-state index in [0.717, 1.165) is 37.3 Å². The van der Waals surface area contributed by atoms with E-state index in [4.69, 9.17) is 9.47 Å². The Hall–Kier alpha value is -2.33. The molecule has 0 bridgehead atoms. The first-order chi connectivity index (χ1) is 11.8. The zero-order chi connectivity index (χ0) is 16.6. The lowest BCUT2D eigenvalue weighted by Gasteiger charge is -2.12. The predicted octanol–water partition coefficient (Wildman–Crippen LogP) is 3.82. The second-order valence-electron chi connectivity index (χ2n) is 6.00. The summed E-state index contributed by atoms with van der Waals surface area (Å²) in [4.78, 5) is 12.0. The summed E-state index contributed by atoms with van der Waals surface area (Å²) >= 11 is 0. The summed E-state index contributed by atoms with van der Waals surface area (Å²) in [7, 11) is 0. The first kappa shape index (κ1) is 16.5. The van der Waals surface area contributed by atoms with Gasteiger partial charge >= 0.3 is 0 Å². The minimum absolute atomic E-state index is 0.0203. The summed E-state index contributed by atoms with van der Waals surface area (Å²) in [6, 6.07) is 17.5. The number of carbonyl (C=O) groups excluding carboxylic acids is 1. The van der Waals surface area contributed by atoms with E-state index in [2.05, 4.69) is 5.32 Å². The summed E-state index contributed by atoms with van der Waals surface area (Å²) in [5.41, 5.74) is 1.96. The first-order valence-electron chi connectivity index (χ1n) is 8.48. The molecule has 0 saturated carbocycles. The van der Waals surface area contributed by atoms with E-state index < -0.39 is 0 Å². The van der Waals surface area contributed by atoms with E-state index in [1.54, 1.807) is 0 Å². The molecule has 2 aromatic rings. The molecule has 3 rings (SSSR count). The molecule has 1 fully saturated rings. The van der Waals surface area contributed by atoms with Crippen molar-refractivity contribution >= 4 is 11.6 Å². The fourth-order valence-electron chi connectivity index (χ4n) is 2.73. The highest BCUT2D eigenvalue weighted by Gasteiger charge is 2.15. The van der Waals surface area contributed by atoms with Gasteiger partial charge in [0.15, 0.2) is 0 Å². The van der Waals surface area contributed by atoms with Crippen LogP contribution in [0.3, 0.4) is 0 Å². The molecule has 24 heavy (non-hydrogen) atoms. The van der Waals surface area contributed by atoms with Gasteiger partial charge in [-0.3, -0.25) is 4.79 Å². The Balaban J connectivity index is 1.42.